The Bertz CT molecular complexity index is 790. The largest absolute Gasteiger partial charge is 0.465 e. The van der Waals surface area contributed by atoms with Gasteiger partial charge in [0.25, 0.3) is 0 Å². The van der Waals surface area contributed by atoms with E-state index in [1.54, 1.807) is 12.1 Å². The summed E-state index contributed by atoms with van der Waals surface area (Å²) in [6.45, 7) is 4.40. The van der Waals surface area contributed by atoms with Gasteiger partial charge in [-0.2, -0.15) is 0 Å². The minimum absolute atomic E-state index is 0.0453. The topological polar surface area (TPSA) is 101 Å². The minimum atomic E-state index is -3.73. The normalized spacial score (nSPS) is 19.6. The van der Waals surface area contributed by atoms with Crippen LogP contribution in [0.15, 0.2) is 29.2 Å². The monoisotopic (exact) mass is 350 g/mol. The molecule has 0 bridgehead atoms. The third-order valence-corrected chi connectivity index (χ3v) is 5.17. The van der Waals surface area contributed by atoms with E-state index in [0.717, 1.165) is 12.8 Å². The molecule has 7 heteroatoms. The summed E-state index contributed by atoms with van der Waals surface area (Å²) in [5, 5.41) is 14.3. The molecule has 1 aromatic carbocycles. The lowest BCUT2D eigenvalue weighted by Crippen LogP contribution is -2.41. The molecule has 24 heavy (non-hydrogen) atoms. The molecule has 1 fully saturated rings. The summed E-state index contributed by atoms with van der Waals surface area (Å²) in [6.07, 6.45) is 1.39. The lowest BCUT2D eigenvalue weighted by atomic mass is 9.93. The molecule has 3 N–H and O–H groups in total. The van der Waals surface area contributed by atoms with Crippen LogP contribution in [0.4, 0.5) is 4.79 Å². The van der Waals surface area contributed by atoms with Gasteiger partial charge in [0.2, 0.25) is 10.0 Å². The Kier molecular flexibility index (Phi) is 5.21. The molecule has 0 aromatic heterocycles. The zero-order chi connectivity index (χ0) is 18.0. The summed E-state index contributed by atoms with van der Waals surface area (Å²) < 4.78 is 22.6. The summed E-state index contributed by atoms with van der Waals surface area (Å²) in [5.41, 5.74) is 0.258. The number of benzene rings is 1. The van der Waals surface area contributed by atoms with Gasteiger partial charge in [0, 0.05) is 24.1 Å². The first-order valence-electron chi connectivity index (χ1n) is 7.72. The van der Waals surface area contributed by atoms with E-state index in [0.29, 0.717) is 24.4 Å². The van der Waals surface area contributed by atoms with Gasteiger partial charge in [-0.25, -0.2) is 18.4 Å². The Hall–Kier alpha value is -2.04. The molecular weight excluding hydrogens is 328 g/mol. The van der Waals surface area contributed by atoms with Gasteiger partial charge in [-0.15, -0.1) is 0 Å². The number of primary sulfonamides is 1. The van der Waals surface area contributed by atoms with Crippen molar-refractivity contribution in [3.8, 4) is 11.8 Å². The van der Waals surface area contributed by atoms with Gasteiger partial charge in [-0.1, -0.05) is 17.9 Å². The maximum absolute atomic E-state index is 11.3. The van der Waals surface area contributed by atoms with Crippen molar-refractivity contribution < 1.29 is 18.3 Å². The van der Waals surface area contributed by atoms with Gasteiger partial charge in [0.05, 0.1) is 4.90 Å². The first kappa shape index (κ1) is 18.3. The zero-order valence-corrected chi connectivity index (χ0v) is 14.6. The molecule has 1 heterocycles. The Balaban J connectivity index is 1.95. The van der Waals surface area contributed by atoms with Crippen LogP contribution in [0.25, 0.3) is 0 Å². The van der Waals surface area contributed by atoms with Gasteiger partial charge in [0.1, 0.15) is 0 Å². The predicted molar refractivity (Wildman–Crippen MR) is 90.8 cm³/mol. The van der Waals surface area contributed by atoms with E-state index < -0.39 is 16.1 Å². The molecule has 1 amide bonds. The number of hydrogen-bond donors (Lipinski definition) is 2. The number of nitrogens with two attached hydrogens (primary N) is 1. The first-order chi connectivity index (χ1) is 11.1. The fraction of sp³-hybridized carbons (Fsp3) is 0.471. The van der Waals surface area contributed by atoms with Crippen LogP contribution in [-0.4, -0.2) is 36.6 Å². The molecule has 1 aliphatic rings. The zero-order valence-electron chi connectivity index (χ0n) is 13.8. The van der Waals surface area contributed by atoms with Crippen LogP contribution >= 0.6 is 0 Å². The van der Waals surface area contributed by atoms with Crippen LogP contribution in [0.1, 0.15) is 38.7 Å². The molecule has 0 radical (unpaired) electrons. The summed E-state index contributed by atoms with van der Waals surface area (Å²) in [4.78, 5) is 12.8. The van der Waals surface area contributed by atoms with Crippen LogP contribution in [0.3, 0.4) is 0 Å². The maximum atomic E-state index is 11.3. The molecule has 1 aromatic rings. The van der Waals surface area contributed by atoms with E-state index in [-0.39, 0.29) is 10.4 Å². The number of carbonyl (C=O) groups is 1. The van der Waals surface area contributed by atoms with Crippen molar-refractivity contribution in [2.45, 2.75) is 43.5 Å². The molecule has 130 valence electrons. The average molecular weight is 350 g/mol. The molecule has 1 saturated heterocycles. The SMILES string of the molecule is CC1(C)CC(CCC#Cc2cccc(S(N)(=O)=O)c2)CN1C(=O)O. The maximum Gasteiger partial charge on any atom is 0.407 e. The van der Waals surface area contributed by atoms with Gasteiger partial charge in [-0.05, 0) is 50.8 Å². The summed E-state index contributed by atoms with van der Waals surface area (Å²) in [6, 6.07) is 6.22. The lowest BCUT2D eigenvalue weighted by Gasteiger charge is -2.28. The number of nitrogens with zero attached hydrogens (tertiary/aromatic N) is 1. The molecule has 0 spiro atoms. The summed E-state index contributed by atoms with van der Waals surface area (Å²) >= 11 is 0. The van der Waals surface area contributed by atoms with Gasteiger partial charge in [0.15, 0.2) is 0 Å². The molecule has 0 saturated carbocycles. The van der Waals surface area contributed by atoms with Gasteiger partial charge >= 0.3 is 6.09 Å². The Morgan fingerprint density at radius 1 is 1.46 bits per heavy atom. The fourth-order valence-corrected chi connectivity index (χ4v) is 3.67. The van der Waals surface area contributed by atoms with Crippen molar-refractivity contribution in [1.82, 2.24) is 4.90 Å². The molecule has 1 aliphatic heterocycles. The van der Waals surface area contributed by atoms with Crippen LogP contribution in [0.5, 0.6) is 0 Å². The third kappa shape index (κ3) is 4.49. The highest BCUT2D eigenvalue weighted by molar-refractivity contribution is 7.89. The second kappa shape index (κ2) is 6.83. The third-order valence-electron chi connectivity index (χ3n) is 4.26. The quantitative estimate of drug-likeness (QED) is 0.816. The van der Waals surface area contributed by atoms with Crippen molar-refractivity contribution in [3.63, 3.8) is 0 Å². The fourth-order valence-electron chi connectivity index (χ4n) is 3.11. The number of hydrogen-bond acceptors (Lipinski definition) is 3. The Labute approximate surface area is 142 Å². The van der Waals surface area contributed by atoms with Crippen LogP contribution < -0.4 is 5.14 Å². The van der Waals surface area contributed by atoms with Crippen LogP contribution in [0, 0.1) is 17.8 Å². The second-order valence-corrected chi connectivity index (χ2v) is 8.25. The van der Waals surface area contributed by atoms with Gasteiger partial charge in [-0.3, -0.25) is 0 Å². The number of likely N-dealkylation sites (tertiary alicyclic amines) is 1. The number of carboxylic acid groups (broad SMARTS) is 1. The molecule has 0 aliphatic carbocycles. The van der Waals surface area contributed by atoms with E-state index in [1.165, 1.54) is 17.0 Å². The minimum Gasteiger partial charge on any atom is -0.465 e. The highest BCUT2D eigenvalue weighted by Crippen LogP contribution is 2.34. The van der Waals surface area contributed by atoms with Crippen molar-refractivity contribution in [1.29, 1.82) is 0 Å². The number of rotatable bonds is 3. The van der Waals surface area contributed by atoms with E-state index in [9.17, 15) is 18.3 Å². The Morgan fingerprint density at radius 2 is 2.17 bits per heavy atom. The molecule has 6 nitrogen and oxygen atoms in total. The van der Waals surface area contributed by atoms with Crippen molar-refractivity contribution in [2.75, 3.05) is 6.54 Å². The molecule has 1 atom stereocenters. The molecule has 2 rings (SSSR count). The first-order valence-corrected chi connectivity index (χ1v) is 9.26. The number of sulfonamides is 1. The van der Waals surface area contributed by atoms with Crippen molar-refractivity contribution >= 4 is 16.1 Å². The van der Waals surface area contributed by atoms with E-state index in [1.807, 2.05) is 13.8 Å². The van der Waals surface area contributed by atoms with Crippen LogP contribution in [-0.2, 0) is 10.0 Å². The highest BCUT2D eigenvalue weighted by atomic mass is 32.2. The summed E-state index contributed by atoms with van der Waals surface area (Å²) in [7, 11) is -3.73. The van der Waals surface area contributed by atoms with Crippen molar-refractivity contribution in [3.05, 3.63) is 29.8 Å². The van der Waals surface area contributed by atoms with Crippen LogP contribution in [0.2, 0.25) is 0 Å². The Morgan fingerprint density at radius 3 is 2.75 bits per heavy atom. The van der Waals surface area contributed by atoms with Crippen molar-refractivity contribution in [2.24, 2.45) is 11.1 Å². The average Bonchev–Trinajstić information content (AvgIpc) is 2.78. The van der Waals surface area contributed by atoms with E-state index in [4.69, 9.17) is 5.14 Å². The standard InChI is InChI=1S/C17H22N2O4S/c1-17(2)11-14(12-19(17)16(20)21)7-4-3-6-13-8-5-9-15(10-13)24(18,22)23/h5,8-10,14H,4,7,11-12H2,1-2H3,(H,20,21)(H2,18,22,23). The smallest absolute Gasteiger partial charge is 0.407 e. The molecule has 1 unspecified atom stereocenters. The summed E-state index contributed by atoms with van der Waals surface area (Å²) in [5.74, 6) is 6.26. The highest BCUT2D eigenvalue weighted by Gasteiger charge is 2.40. The van der Waals surface area contributed by atoms with E-state index >= 15 is 0 Å². The molecular formula is C17H22N2O4S. The number of amides is 1. The van der Waals surface area contributed by atoms with Gasteiger partial charge < -0.3 is 10.0 Å². The van der Waals surface area contributed by atoms with E-state index in [2.05, 4.69) is 11.8 Å². The predicted octanol–water partition coefficient (Wildman–Crippen LogP) is 2.24. The second-order valence-electron chi connectivity index (χ2n) is 6.69. The lowest BCUT2D eigenvalue weighted by molar-refractivity contribution is 0.117.